The van der Waals surface area contributed by atoms with Crippen LogP contribution in [0, 0.1) is 0 Å². The topological polar surface area (TPSA) is 9.23 Å². The van der Waals surface area contributed by atoms with Crippen LogP contribution in [0.5, 0.6) is 0 Å². The second-order valence-corrected chi connectivity index (χ2v) is 8.53. The maximum atomic E-state index is 5.62. The van der Waals surface area contributed by atoms with E-state index in [1.54, 1.807) is 0 Å². The monoisotopic (exact) mass is 424 g/mol. The van der Waals surface area contributed by atoms with Crippen LogP contribution in [0.3, 0.4) is 0 Å². The predicted molar refractivity (Wildman–Crippen MR) is 97.1 cm³/mol. The van der Waals surface area contributed by atoms with Crippen molar-refractivity contribution in [2.45, 2.75) is 110 Å². The summed E-state index contributed by atoms with van der Waals surface area (Å²) in [4.78, 5) is 0. The maximum absolute atomic E-state index is 5.62. The standard InChI is InChI=1S/C18H37O.ClH.Sn/c1-2-3-4-5-6-7-8-9-10-11-12-13-14-15-16-17-18-19;;/h2-18H2,1H3;1H;/q-1;;+2/p-1. The Morgan fingerprint density at radius 1 is 0.571 bits per heavy atom. The molecule has 0 unspecified atom stereocenters. The number of unbranched alkanes of at least 4 members (excludes halogenated alkanes) is 15. The van der Waals surface area contributed by atoms with Crippen molar-refractivity contribution in [1.29, 1.82) is 0 Å². The third-order valence-corrected chi connectivity index (χ3v) is 5.78. The molecule has 0 atom stereocenters. The molecule has 0 aromatic heterocycles. The molecule has 0 saturated heterocycles. The van der Waals surface area contributed by atoms with Gasteiger partial charge in [-0.1, -0.05) is 45.4 Å². The first-order valence-electron chi connectivity index (χ1n) is 9.39. The number of rotatable bonds is 18. The molecule has 0 aliphatic rings. The Morgan fingerprint density at radius 3 is 1.24 bits per heavy atom. The van der Waals surface area contributed by atoms with Gasteiger partial charge >= 0.3 is 103 Å². The summed E-state index contributed by atoms with van der Waals surface area (Å²) in [6.07, 6.45) is 22.7. The third kappa shape index (κ3) is 21.0. The van der Waals surface area contributed by atoms with Crippen LogP contribution in [-0.4, -0.2) is 27.0 Å². The molecule has 0 aliphatic carbocycles. The fourth-order valence-corrected chi connectivity index (χ4v) is 3.91. The van der Waals surface area contributed by atoms with Gasteiger partial charge in [-0.05, 0) is 0 Å². The molecule has 0 saturated carbocycles. The Balaban J connectivity index is 2.90. The quantitative estimate of drug-likeness (QED) is 0.170. The molecule has 0 N–H and O–H groups in total. The van der Waals surface area contributed by atoms with E-state index in [1.165, 1.54) is 103 Å². The summed E-state index contributed by atoms with van der Waals surface area (Å²) in [6.45, 7) is 3.20. The fraction of sp³-hybridized carbons (Fsp3) is 1.00. The van der Waals surface area contributed by atoms with Gasteiger partial charge < -0.3 is 0 Å². The number of halogens is 1. The number of hydrogen-bond donors (Lipinski definition) is 0. The van der Waals surface area contributed by atoms with Gasteiger partial charge in [-0.15, -0.1) is 0 Å². The van der Waals surface area contributed by atoms with Gasteiger partial charge in [0.1, 0.15) is 0 Å². The third-order valence-electron chi connectivity index (χ3n) is 4.15. The van der Waals surface area contributed by atoms with Gasteiger partial charge in [-0.25, -0.2) is 0 Å². The molecule has 0 aromatic rings. The normalized spacial score (nSPS) is 11.1. The summed E-state index contributed by atoms with van der Waals surface area (Å²) < 4.78 is 5.29. The predicted octanol–water partition coefficient (Wildman–Crippen LogP) is 7.04. The molecule has 0 heterocycles. The van der Waals surface area contributed by atoms with E-state index >= 15 is 0 Å². The van der Waals surface area contributed by atoms with E-state index < -0.39 is 20.4 Å². The van der Waals surface area contributed by atoms with Gasteiger partial charge in [-0.2, -0.15) is 0 Å². The molecule has 126 valence electrons. The first kappa shape index (κ1) is 22.0. The van der Waals surface area contributed by atoms with Crippen molar-refractivity contribution in [2.24, 2.45) is 0 Å². The van der Waals surface area contributed by atoms with Crippen LogP contribution in [0.15, 0.2) is 0 Å². The molecule has 2 radical (unpaired) electrons. The van der Waals surface area contributed by atoms with Crippen molar-refractivity contribution in [3.8, 4) is 0 Å². The molecule has 21 heavy (non-hydrogen) atoms. The molecular formula is C18H37ClOSn. The van der Waals surface area contributed by atoms with Crippen LogP contribution >= 0.6 is 8.92 Å². The molecule has 1 nitrogen and oxygen atoms in total. The molecule has 0 aromatic carbocycles. The van der Waals surface area contributed by atoms with Gasteiger partial charge in [0.2, 0.25) is 0 Å². The molecule has 0 fully saturated rings. The van der Waals surface area contributed by atoms with Crippen molar-refractivity contribution in [3.05, 3.63) is 0 Å². The van der Waals surface area contributed by atoms with Crippen LogP contribution in [0.25, 0.3) is 0 Å². The summed E-state index contributed by atoms with van der Waals surface area (Å²) in [7, 11) is 5.62. The van der Waals surface area contributed by atoms with E-state index in [-0.39, 0.29) is 0 Å². The zero-order valence-corrected chi connectivity index (χ0v) is 17.9. The summed E-state index contributed by atoms with van der Waals surface area (Å²) in [5.74, 6) is 0. The van der Waals surface area contributed by atoms with E-state index in [4.69, 9.17) is 12.0 Å². The summed E-state index contributed by atoms with van der Waals surface area (Å²) >= 11 is -0.909. The number of hydrogen-bond acceptors (Lipinski definition) is 1. The molecule has 0 amide bonds. The van der Waals surface area contributed by atoms with Gasteiger partial charge in [0.25, 0.3) is 0 Å². The van der Waals surface area contributed by atoms with Gasteiger partial charge in [0.15, 0.2) is 0 Å². The first-order valence-corrected chi connectivity index (χ1v) is 14.2. The average molecular weight is 424 g/mol. The summed E-state index contributed by atoms with van der Waals surface area (Å²) in [5.41, 5.74) is 0. The Morgan fingerprint density at radius 2 is 0.905 bits per heavy atom. The van der Waals surface area contributed by atoms with Gasteiger partial charge in [-0.3, -0.25) is 0 Å². The van der Waals surface area contributed by atoms with E-state index in [0.29, 0.717) is 0 Å². The van der Waals surface area contributed by atoms with Crippen LogP contribution < -0.4 is 0 Å². The molecule has 0 rings (SSSR count). The minimum absolute atomic E-state index is 0.909. The van der Waals surface area contributed by atoms with Crippen molar-refractivity contribution in [3.63, 3.8) is 0 Å². The second-order valence-electron chi connectivity index (χ2n) is 6.23. The Bertz CT molecular complexity index is 161. The minimum atomic E-state index is -0.909. The zero-order valence-electron chi connectivity index (χ0n) is 14.3. The zero-order chi connectivity index (χ0) is 15.4. The van der Waals surface area contributed by atoms with E-state index in [9.17, 15) is 0 Å². The molecule has 0 aliphatic heterocycles. The first-order chi connectivity index (χ1) is 10.4. The van der Waals surface area contributed by atoms with E-state index in [0.717, 1.165) is 6.61 Å². The second kappa shape index (κ2) is 21.0. The van der Waals surface area contributed by atoms with Crippen LogP contribution in [0.2, 0.25) is 0 Å². The van der Waals surface area contributed by atoms with Crippen LogP contribution in [-0.2, 0) is 3.07 Å². The molecule has 0 spiro atoms. The fourth-order valence-electron chi connectivity index (χ4n) is 2.76. The average Bonchev–Trinajstić information content (AvgIpc) is 2.50. The van der Waals surface area contributed by atoms with Crippen molar-refractivity contribution in [1.82, 2.24) is 0 Å². The molecule has 0 bridgehead atoms. The molecular weight excluding hydrogens is 386 g/mol. The Labute approximate surface area is 148 Å². The van der Waals surface area contributed by atoms with E-state index in [1.807, 2.05) is 0 Å². The Hall–Kier alpha value is 1.05. The van der Waals surface area contributed by atoms with Crippen molar-refractivity contribution in [2.75, 3.05) is 6.61 Å². The van der Waals surface area contributed by atoms with Crippen molar-refractivity contribution >= 4 is 29.4 Å². The van der Waals surface area contributed by atoms with Gasteiger partial charge in [0.05, 0.1) is 0 Å². The van der Waals surface area contributed by atoms with Crippen molar-refractivity contribution < 1.29 is 3.07 Å². The van der Waals surface area contributed by atoms with Gasteiger partial charge in [0, 0.05) is 0 Å². The molecule has 3 heteroatoms. The van der Waals surface area contributed by atoms with Crippen LogP contribution in [0.1, 0.15) is 110 Å². The summed E-state index contributed by atoms with van der Waals surface area (Å²) in [5, 5.41) is 0. The van der Waals surface area contributed by atoms with E-state index in [2.05, 4.69) is 6.92 Å². The SMILES string of the molecule is CCCCCCCCCCCCCCCCCC[O][Sn][Cl]. The Kier molecular flexibility index (Phi) is 22.1. The summed E-state index contributed by atoms with van der Waals surface area (Å²) in [6, 6.07) is 0. The van der Waals surface area contributed by atoms with Crippen LogP contribution in [0.4, 0.5) is 0 Å².